The van der Waals surface area contributed by atoms with Gasteiger partial charge in [0.15, 0.2) is 0 Å². The van der Waals surface area contributed by atoms with Crippen LogP contribution in [0.2, 0.25) is 0 Å². The first-order valence-corrected chi connectivity index (χ1v) is 12.3. The number of rotatable bonds is 2. The van der Waals surface area contributed by atoms with E-state index in [1.807, 2.05) is 6.92 Å². The summed E-state index contributed by atoms with van der Waals surface area (Å²) in [5, 5.41) is 23.0. The van der Waals surface area contributed by atoms with E-state index in [1.165, 1.54) is 0 Å². The van der Waals surface area contributed by atoms with Gasteiger partial charge in [-0.25, -0.2) is 0 Å². The van der Waals surface area contributed by atoms with E-state index in [2.05, 4.69) is 68.4 Å². The molecule has 1 aromatic rings. The third-order valence-corrected chi connectivity index (χ3v) is 7.18. The lowest BCUT2D eigenvalue weighted by molar-refractivity contribution is 0.170. The molecule has 0 heterocycles. The number of methoxy groups -OCH3 is 2. The molecular formula is C30H44O4. The van der Waals surface area contributed by atoms with Crippen LogP contribution >= 0.6 is 0 Å². The lowest BCUT2D eigenvalue weighted by atomic mass is 9.67. The first-order chi connectivity index (χ1) is 15.5. The molecule has 4 nitrogen and oxygen atoms in total. The van der Waals surface area contributed by atoms with Gasteiger partial charge in [0, 0.05) is 27.8 Å². The van der Waals surface area contributed by atoms with Gasteiger partial charge in [-0.3, -0.25) is 0 Å². The topological polar surface area (TPSA) is 58.9 Å². The quantitative estimate of drug-likeness (QED) is 0.490. The van der Waals surface area contributed by atoms with Gasteiger partial charge < -0.3 is 19.7 Å². The summed E-state index contributed by atoms with van der Waals surface area (Å²) < 4.78 is 11.9. The average Bonchev–Trinajstić information content (AvgIpc) is 2.84. The van der Waals surface area contributed by atoms with E-state index < -0.39 is 6.10 Å². The normalized spacial score (nSPS) is 19.4. The van der Waals surface area contributed by atoms with Crippen molar-refractivity contribution in [2.24, 2.45) is 10.8 Å². The second-order valence-electron chi connectivity index (χ2n) is 12.8. The summed E-state index contributed by atoms with van der Waals surface area (Å²) in [7, 11) is 3.36. The number of hydrogen-bond donors (Lipinski definition) is 2. The van der Waals surface area contributed by atoms with Crippen molar-refractivity contribution in [2.45, 2.75) is 93.6 Å². The van der Waals surface area contributed by atoms with Crippen LogP contribution in [0.5, 0.6) is 11.5 Å². The second kappa shape index (κ2) is 8.48. The predicted molar refractivity (Wildman–Crippen MR) is 140 cm³/mol. The van der Waals surface area contributed by atoms with E-state index in [-0.39, 0.29) is 16.2 Å². The smallest absolute Gasteiger partial charge is 0.132 e. The van der Waals surface area contributed by atoms with Crippen molar-refractivity contribution in [3.63, 3.8) is 0 Å². The van der Waals surface area contributed by atoms with Gasteiger partial charge in [-0.2, -0.15) is 0 Å². The van der Waals surface area contributed by atoms with Crippen LogP contribution in [0.3, 0.4) is 0 Å². The van der Waals surface area contributed by atoms with Crippen LogP contribution in [-0.4, -0.2) is 30.5 Å². The van der Waals surface area contributed by atoms with Crippen molar-refractivity contribution >= 4 is 6.08 Å². The molecule has 1 aromatic carbocycles. The number of aliphatic hydroxyl groups is 1. The van der Waals surface area contributed by atoms with Crippen molar-refractivity contribution in [3.8, 4) is 11.5 Å². The van der Waals surface area contributed by atoms with Gasteiger partial charge in [0.1, 0.15) is 23.4 Å². The molecule has 0 amide bonds. The summed E-state index contributed by atoms with van der Waals surface area (Å²) in [6.07, 6.45) is 2.97. The van der Waals surface area contributed by atoms with Crippen LogP contribution in [-0.2, 0) is 16.6 Å². The zero-order valence-electron chi connectivity index (χ0n) is 23.3. The Morgan fingerprint density at radius 3 is 1.82 bits per heavy atom. The predicted octanol–water partition coefficient (Wildman–Crippen LogP) is 7.00. The molecule has 2 aliphatic rings. The van der Waals surface area contributed by atoms with Gasteiger partial charge in [0.25, 0.3) is 0 Å². The summed E-state index contributed by atoms with van der Waals surface area (Å²) in [5.41, 5.74) is 7.19. The Balaban J connectivity index is 2.53. The first-order valence-electron chi connectivity index (χ1n) is 12.3. The number of fused-ring (bicyclic) bond motifs is 2. The molecule has 1 unspecified atom stereocenters. The number of benzene rings is 1. The minimum atomic E-state index is -0.706. The average molecular weight is 469 g/mol. The van der Waals surface area contributed by atoms with E-state index in [1.54, 1.807) is 14.2 Å². The van der Waals surface area contributed by atoms with Gasteiger partial charge in [0.2, 0.25) is 0 Å². The second-order valence-corrected chi connectivity index (χ2v) is 12.8. The number of allylic oxidation sites excluding steroid dienone is 1. The number of phenolic OH excluding ortho intramolecular Hbond substituents is 1. The van der Waals surface area contributed by atoms with E-state index >= 15 is 0 Å². The summed E-state index contributed by atoms with van der Waals surface area (Å²) in [4.78, 5) is 0. The van der Waals surface area contributed by atoms with Crippen LogP contribution in [0.1, 0.15) is 91.0 Å². The van der Waals surface area contributed by atoms with E-state index in [4.69, 9.17) is 9.47 Å². The molecule has 0 radical (unpaired) electrons. The molecule has 4 heteroatoms. The largest absolute Gasteiger partial charge is 0.507 e. The van der Waals surface area contributed by atoms with Crippen LogP contribution in [0.15, 0.2) is 28.1 Å². The Morgan fingerprint density at radius 1 is 0.824 bits per heavy atom. The molecule has 188 valence electrons. The Labute approximate surface area is 206 Å². The van der Waals surface area contributed by atoms with Crippen LogP contribution < -0.4 is 4.74 Å². The van der Waals surface area contributed by atoms with Crippen molar-refractivity contribution in [1.29, 1.82) is 0 Å². The molecule has 0 spiro atoms. The molecule has 0 saturated heterocycles. The number of aliphatic hydroxyl groups excluding tert-OH is 1. The highest BCUT2D eigenvalue weighted by atomic mass is 16.5. The van der Waals surface area contributed by atoms with E-state index in [0.29, 0.717) is 11.5 Å². The summed E-state index contributed by atoms with van der Waals surface area (Å²) >= 11 is 0. The lowest BCUT2D eigenvalue weighted by Crippen LogP contribution is -2.36. The highest BCUT2D eigenvalue weighted by molar-refractivity contribution is 5.78. The Bertz CT molecular complexity index is 1090. The zero-order valence-corrected chi connectivity index (χ0v) is 23.3. The van der Waals surface area contributed by atoms with Gasteiger partial charge in [-0.15, -0.1) is 0 Å². The minimum Gasteiger partial charge on any atom is -0.507 e. The molecule has 34 heavy (non-hydrogen) atoms. The minimum absolute atomic E-state index is 0.227. The molecule has 0 aliphatic heterocycles. The molecule has 3 rings (SSSR count). The van der Waals surface area contributed by atoms with Gasteiger partial charge in [-0.1, -0.05) is 62.3 Å². The van der Waals surface area contributed by atoms with Crippen LogP contribution in [0, 0.1) is 17.8 Å². The highest BCUT2D eigenvalue weighted by Gasteiger charge is 2.43. The molecule has 0 aromatic heterocycles. The molecule has 2 N–H and O–H groups in total. The Kier molecular flexibility index (Phi) is 6.58. The van der Waals surface area contributed by atoms with E-state index in [0.717, 1.165) is 63.1 Å². The van der Waals surface area contributed by atoms with Gasteiger partial charge >= 0.3 is 0 Å². The number of hydrogen-bond acceptors (Lipinski definition) is 4. The maximum atomic E-state index is 11.7. The maximum absolute atomic E-state index is 11.7. The van der Waals surface area contributed by atoms with E-state index in [9.17, 15) is 10.2 Å². The lowest BCUT2D eigenvalue weighted by Gasteiger charge is -2.41. The Morgan fingerprint density at radius 2 is 1.38 bits per heavy atom. The first kappa shape index (κ1) is 26.4. The maximum Gasteiger partial charge on any atom is 0.132 e. The highest BCUT2D eigenvalue weighted by Crippen LogP contribution is 2.53. The molecule has 1 atom stereocenters. The molecule has 2 aliphatic carbocycles. The fourth-order valence-electron chi connectivity index (χ4n) is 5.91. The van der Waals surface area contributed by atoms with Crippen molar-refractivity contribution < 1.29 is 19.7 Å². The molecule has 0 fully saturated rings. The van der Waals surface area contributed by atoms with Crippen molar-refractivity contribution in [3.05, 3.63) is 50.3 Å². The van der Waals surface area contributed by atoms with Crippen molar-refractivity contribution in [1.82, 2.24) is 0 Å². The number of aromatic hydroxyl groups is 1. The molecule has 0 bridgehead atoms. The summed E-state index contributed by atoms with van der Waals surface area (Å²) in [6.45, 7) is 21.2. The van der Waals surface area contributed by atoms with Gasteiger partial charge in [-0.05, 0) is 58.8 Å². The third kappa shape index (κ3) is 4.19. The Hall–Kier alpha value is -2.20. The van der Waals surface area contributed by atoms with Crippen LogP contribution in [0.4, 0.5) is 0 Å². The number of ether oxygens (including phenoxy) is 2. The number of phenols is 1. The monoisotopic (exact) mass is 468 g/mol. The van der Waals surface area contributed by atoms with Crippen molar-refractivity contribution in [2.75, 3.05) is 14.2 Å². The third-order valence-electron chi connectivity index (χ3n) is 7.18. The summed E-state index contributed by atoms with van der Waals surface area (Å²) in [6, 6.07) is 0. The van der Waals surface area contributed by atoms with Crippen LogP contribution in [0.25, 0.3) is 6.08 Å². The fourth-order valence-corrected chi connectivity index (χ4v) is 5.91. The summed E-state index contributed by atoms with van der Waals surface area (Å²) in [5.74, 6) is 1.76. The molecular weight excluding hydrogens is 424 g/mol. The molecule has 0 saturated carbocycles. The standard InChI is InChI=1S/C30H44O4/c1-16-24(31)21(28(2,3)4)17-13-14-18-20(15-19(17)26(16)33-11)27(34-12)23(30(8,9)10)25(32)22(18)29(5,6)7/h15,25,31-32H,13-14H2,1-12H3. The SMILES string of the molecule is COC1=C(C(C)(C)C)C(O)C(C(C)(C)C)=C2CCc3c(c(OC)c(C)c(O)c3C(C)(C)C)C=C21. The zero-order chi connectivity index (χ0) is 26.0. The van der Waals surface area contributed by atoms with Gasteiger partial charge in [0.05, 0.1) is 14.2 Å². The fraction of sp³-hybridized carbons (Fsp3) is 0.600.